The molecule has 2 rings (SSSR count). The number of urea groups is 1. The van der Waals surface area contributed by atoms with Gasteiger partial charge >= 0.3 is 6.03 Å². The van der Waals surface area contributed by atoms with Gasteiger partial charge in [0.1, 0.15) is 5.75 Å². The van der Waals surface area contributed by atoms with E-state index in [1.807, 2.05) is 45.0 Å². The minimum atomic E-state index is -0.255. The van der Waals surface area contributed by atoms with Gasteiger partial charge in [-0.2, -0.15) is 0 Å². The molecule has 0 heterocycles. The van der Waals surface area contributed by atoms with E-state index in [0.29, 0.717) is 30.8 Å². The Labute approximate surface area is 160 Å². The molecule has 0 saturated heterocycles. The van der Waals surface area contributed by atoms with Crippen molar-refractivity contribution in [3.8, 4) is 5.75 Å². The summed E-state index contributed by atoms with van der Waals surface area (Å²) < 4.78 is 5.58. The van der Waals surface area contributed by atoms with Crippen LogP contribution in [-0.4, -0.2) is 24.6 Å². The molecule has 6 nitrogen and oxygen atoms in total. The number of ether oxygens (including phenoxy) is 1. The summed E-state index contributed by atoms with van der Waals surface area (Å²) in [4.78, 5) is 23.9. The molecule has 6 heteroatoms. The number of benzene rings is 2. The quantitative estimate of drug-likeness (QED) is 0.653. The Kier molecular flexibility index (Phi) is 7.67. The molecule has 0 atom stereocenters. The van der Waals surface area contributed by atoms with Crippen LogP contribution in [0.3, 0.4) is 0 Å². The van der Waals surface area contributed by atoms with E-state index in [4.69, 9.17) is 4.74 Å². The van der Waals surface area contributed by atoms with Crippen LogP contribution in [0.1, 0.15) is 32.8 Å². The maximum Gasteiger partial charge on any atom is 0.319 e. The number of hydrogen-bond acceptors (Lipinski definition) is 3. The Bertz CT molecular complexity index is 758. The summed E-state index contributed by atoms with van der Waals surface area (Å²) >= 11 is 0. The molecular weight excluding hydrogens is 342 g/mol. The third-order valence-electron chi connectivity index (χ3n) is 3.74. The number of carbonyl (C=O) groups is 2. The van der Waals surface area contributed by atoms with Crippen LogP contribution in [0.5, 0.6) is 5.75 Å². The van der Waals surface area contributed by atoms with E-state index >= 15 is 0 Å². The molecular formula is C21H27N3O3. The molecule has 0 saturated carbocycles. The fraction of sp³-hybridized carbons (Fsp3) is 0.333. The van der Waals surface area contributed by atoms with Gasteiger partial charge in [0.2, 0.25) is 5.91 Å². The lowest BCUT2D eigenvalue weighted by atomic mass is 10.1. The smallest absolute Gasteiger partial charge is 0.319 e. The first-order chi connectivity index (χ1) is 13.0. The number of para-hydroxylation sites is 1. The molecule has 0 aliphatic rings. The third-order valence-corrected chi connectivity index (χ3v) is 3.74. The molecule has 144 valence electrons. The van der Waals surface area contributed by atoms with Crippen LogP contribution in [-0.2, 0) is 11.2 Å². The zero-order valence-corrected chi connectivity index (χ0v) is 16.0. The Morgan fingerprint density at radius 3 is 2.22 bits per heavy atom. The van der Waals surface area contributed by atoms with Crippen LogP contribution in [0.4, 0.5) is 16.2 Å². The van der Waals surface area contributed by atoms with Gasteiger partial charge in [-0.1, -0.05) is 18.2 Å². The highest BCUT2D eigenvalue weighted by atomic mass is 16.5. The lowest BCUT2D eigenvalue weighted by Gasteiger charge is -2.11. The van der Waals surface area contributed by atoms with Crippen molar-refractivity contribution in [1.29, 1.82) is 0 Å². The Morgan fingerprint density at radius 2 is 1.59 bits per heavy atom. The van der Waals surface area contributed by atoms with E-state index in [-0.39, 0.29) is 18.0 Å². The van der Waals surface area contributed by atoms with Crippen molar-refractivity contribution in [3.63, 3.8) is 0 Å². The predicted octanol–water partition coefficient (Wildman–Crippen LogP) is 4.19. The molecule has 3 amide bonds. The monoisotopic (exact) mass is 369 g/mol. The van der Waals surface area contributed by atoms with Gasteiger partial charge in [-0.25, -0.2) is 4.79 Å². The summed E-state index contributed by atoms with van der Waals surface area (Å²) in [5.41, 5.74) is 2.37. The van der Waals surface area contributed by atoms with Gasteiger partial charge in [0, 0.05) is 23.8 Å². The van der Waals surface area contributed by atoms with Gasteiger partial charge in [-0.15, -0.1) is 0 Å². The lowest BCUT2D eigenvalue weighted by Crippen LogP contribution is -2.34. The van der Waals surface area contributed by atoms with Crippen molar-refractivity contribution in [2.24, 2.45) is 0 Å². The van der Waals surface area contributed by atoms with Gasteiger partial charge in [-0.3, -0.25) is 4.79 Å². The second-order valence-corrected chi connectivity index (χ2v) is 6.42. The van der Waals surface area contributed by atoms with E-state index in [1.165, 1.54) is 0 Å². The third kappa shape index (κ3) is 7.01. The number of amides is 3. The molecule has 2 aromatic carbocycles. The summed E-state index contributed by atoms with van der Waals surface area (Å²) in [6.45, 7) is 6.32. The predicted molar refractivity (Wildman–Crippen MR) is 108 cm³/mol. The Hall–Kier alpha value is -3.02. The summed E-state index contributed by atoms with van der Waals surface area (Å²) in [5, 5.41) is 8.36. The second-order valence-electron chi connectivity index (χ2n) is 6.42. The first-order valence-corrected chi connectivity index (χ1v) is 9.16. The zero-order chi connectivity index (χ0) is 19.6. The molecule has 0 fully saturated rings. The topological polar surface area (TPSA) is 79.5 Å². The maximum absolute atomic E-state index is 12.2. The number of carbonyl (C=O) groups excluding carboxylic acids is 2. The number of hydrogen-bond donors (Lipinski definition) is 3. The van der Waals surface area contributed by atoms with Crippen LogP contribution < -0.4 is 20.7 Å². The molecule has 3 N–H and O–H groups in total. The molecule has 0 radical (unpaired) electrons. The molecule has 0 aromatic heterocycles. The molecule has 0 bridgehead atoms. The molecule has 27 heavy (non-hydrogen) atoms. The zero-order valence-electron chi connectivity index (χ0n) is 16.0. The van der Waals surface area contributed by atoms with Crippen LogP contribution in [0.2, 0.25) is 0 Å². The van der Waals surface area contributed by atoms with Gasteiger partial charge in [-0.05, 0) is 63.1 Å². The lowest BCUT2D eigenvalue weighted by molar-refractivity contribution is -0.116. The largest absolute Gasteiger partial charge is 0.494 e. The highest BCUT2D eigenvalue weighted by molar-refractivity contribution is 5.92. The van der Waals surface area contributed by atoms with Gasteiger partial charge in [0.15, 0.2) is 0 Å². The van der Waals surface area contributed by atoms with Crippen molar-refractivity contribution in [1.82, 2.24) is 5.32 Å². The van der Waals surface area contributed by atoms with Crippen LogP contribution in [0.15, 0.2) is 48.5 Å². The van der Waals surface area contributed by atoms with E-state index in [0.717, 1.165) is 11.3 Å². The Morgan fingerprint density at radius 1 is 0.963 bits per heavy atom. The molecule has 2 aromatic rings. The van der Waals surface area contributed by atoms with Crippen molar-refractivity contribution in [2.75, 3.05) is 17.2 Å². The average Bonchev–Trinajstić information content (AvgIpc) is 2.62. The summed E-state index contributed by atoms with van der Waals surface area (Å²) in [7, 11) is 0. The van der Waals surface area contributed by atoms with Crippen molar-refractivity contribution in [3.05, 3.63) is 54.1 Å². The minimum Gasteiger partial charge on any atom is -0.494 e. The number of rotatable bonds is 8. The van der Waals surface area contributed by atoms with E-state index in [9.17, 15) is 9.59 Å². The maximum atomic E-state index is 12.2. The van der Waals surface area contributed by atoms with Crippen LogP contribution in [0, 0.1) is 0 Å². The number of aryl methyl sites for hydroxylation is 1. The summed E-state index contributed by atoms with van der Waals surface area (Å²) in [6, 6.07) is 14.6. The fourth-order valence-corrected chi connectivity index (χ4v) is 2.54. The van der Waals surface area contributed by atoms with E-state index in [1.54, 1.807) is 24.3 Å². The first-order valence-electron chi connectivity index (χ1n) is 9.16. The fourth-order valence-electron chi connectivity index (χ4n) is 2.54. The SMILES string of the molecule is CCOc1ccccc1CCC(=O)Nc1ccc(NC(=O)NC(C)C)cc1. The van der Waals surface area contributed by atoms with Gasteiger partial charge in [0.05, 0.1) is 6.61 Å². The van der Waals surface area contributed by atoms with Gasteiger partial charge < -0.3 is 20.7 Å². The van der Waals surface area contributed by atoms with Crippen molar-refractivity contribution < 1.29 is 14.3 Å². The number of nitrogens with one attached hydrogen (secondary N) is 3. The van der Waals surface area contributed by atoms with Crippen molar-refractivity contribution >= 4 is 23.3 Å². The van der Waals surface area contributed by atoms with E-state index < -0.39 is 0 Å². The van der Waals surface area contributed by atoms with E-state index in [2.05, 4.69) is 16.0 Å². The van der Waals surface area contributed by atoms with Crippen LogP contribution >= 0.6 is 0 Å². The van der Waals surface area contributed by atoms with Gasteiger partial charge in [0.25, 0.3) is 0 Å². The molecule has 0 unspecified atom stereocenters. The van der Waals surface area contributed by atoms with Crippen LogP contribution in [0.25, 0.3) is 0 Å². The summed E-state index contributed by atoms with van der Waals surface area (Å²) in [5.74, 6) is 0.752. The molecule has 0 aliphatic heterocycles. The summed E-state index contributed by atoms with van der Waals surface area (Å²) in [6.07, 6.45) is 0.970. The normalized spacial score (nSPS) is 10.4. The molecule has 0 aliphatic carbocycles. The molecule has 0 spiro atoms. The average molecular weight is 369 g/mol. The van der Waals surface area contributed by atoms with Crippen molar-refractivity contribution in [2.45, 2.75) is 39.7 Å². The highest BCUT2D eigenvalue weighted by Gasteiger charge is 2.08. The number of anilines is 2. The standard InChI is InChI=1S/C21H27N3O3/c1-4-27-19-8-6-5-7-16(19)9-14-20(25)23-17-10-12-18(13-11-17)24-21(26)22-15(2)3/h5-8,10-13,15H,4,9,14H2,1-3H3,(H,23,25)(H2,22,24,26). The first kappa shape index (κ1) is 20.3. The second kappa shape index (κ2) is 10.2. The minimum absolute atomic E-state index is 0.0661. The highest BCUT2D eigenvalue weighted by Crippen LogP contribution is 2.20. The Balaban J connectivity index is 1.84.